The average molecular weight is 273 g/mol. The van der Waals surface area contributed by atoms with Gasteiger partial charge in [0.05, 0.1) is 11.4 Å². The Morgan fingerprint density at radius 1 is 1.25 bits per heavy atom. The van der Waals surface area contributed by atoms with Gasteiger partial charge in [-0.1, -0.05) is 18.2 Å². The predicted molar refractivity (Wildman–Crippen MR) is 78.8 cm³/mol. The number of para-hydroxylation sites is 1. The number of hydrogen-bond acceptors (Lipinski definition) is 3. The second-order valence-electron chi connectivity index (χ2n) is 4.51. The van der Waals surface area contributed by atoms with Crippen LogP contribution in [0.3, 0.4) is 0 Å². The van der Waals surface area contributed by atoms with Crippen LogP contribution in [0.2, 0.25) is 0 Å². The van der Waals surface area contributed by atoms with Crippen molar-refractivity contribution in [2.24, 2.45) is 0 Å². The number of hydrogen-bond donors (Lipinski definition) is 1. The van der Waals surface area contributed by atoms with Crippen molar-refractivity contribution in [3.05, 3.63) is 41.6 Å². The topological polar surface area (TPSA) is 58.4 Å². The molecule has 0 bridgehead atoms. The Kier molecular flexibility index (Phi) is 4.08. The fraction of sp³-hybridized carbons (Fsp3) is 0.333. The van der Waals surface area contributed by atoms with Crippen molar-refractivity contribution in [3.63, 3.8) is 0 Å². The monoisotopic (exact) mass is 273 g/mol. The van der Waals surface area contributed by atoms with Gasteiger partial charge in [-0.25, -0.2) is 9.48 Å². The highest BCUT2D eigenvalue weighted by Gasteiger charge is 2.24. The van der Waals surface area contributed by atoms with Gasteiger partial charge in [-0.3, -0.25) is 0 Å². The Hall–Kier alpha value is -2.30. The van der Waals surface area contributed by atoms with E-state index in [-0.39, 0.29) is 5.56 Å². The third kappa shape index (κ3) is 2.39. The lowest BCUT2D eigenvalue weighted by Gasteiger charge is -2.22. The highest BCUT2D eigenvalue weighted by molar-refractivity contribution is 5.95. The van der Waals surface area contributed by atoms with Gasteiger partial charge < -0.3 is 10.0 Å². The second kappa shape index (κ2) is 5.77. The summed E-state index contributed by atoms with van der Waals surface area (Å²) in [6.07, 6.45) is 0. The zero-order valence-electron chi connectivity index (χ0n) is 12.0. The standard InChI is InChI=1S/C15H19N3O2/c1-4-17(5-2)14-13(15(19)20)11(3)16-18(14)12-9-7-6-8-10-12/h6-10H,4-5H2,1-3H3,(H,19,20). The van der Waals surface area contributed by atoms with E-state index >= 15 is 0 Å². The van der Waals surface area contributed by atoms with Gasteiger partial charge in [-0.2, -0.15) is 5.10 Å². The van der Waals surface area contributed by atoms with Crippen LogP contribution in [0.25, 0.3) is 5.69 Å². The maximum Gasteiger partial charge on any atom is 0.341 e. The van der Waals surface area contributed by atoms with E-state index in [2.05, 4.69) is 5.10 Å². The average Bonchev–Trinajstić information content (AvgIpc) is 2.79. The number of carbonyl (C=O) groups is 1. The molecular weight excluding hydrogens is 254 g/mol. The molecule has 20 heavy (non-hydrogen) atoms. The first kappa shape index (κ1) is 14.1. The Morgan fingerprint density at radius 3 is 2.35 bits per heavy atom. The number of nitrogens with zero attached hydrogens (tertiary/aromatic N) is 3. The van der Waals surface area contributed by atoms with Crippen LogP contribution < -0.4 is 4.90 Å². The quantitative estimate of drug-likeness (QED) is 0.910. The van der Waals surface area contributed by atoms with Gasteiger partial charge in [0, 0.05) is 13.1 Å². The number of benzene rings is 1. The fourth-order valence-electron chi connectivity index (χ4n) is 2.33. The predicted octanol–water partition coefficient (Wildman–Crippen LogP) is 2.73. The Morgan fingerprint density at radius 2 is 1.85 bits per heavy atom. The number of carboxylic acids is 1. The fourth-order valence-corrected chi connectivity index (χ4v) is 2.33. The summed E-state index contributed by atoms with van der Waals surface area (Å²) in [6, 6.07) is 9.60. The minimum absolute atomic E-state index is 0.276. The van der Waals surface area contributed by atoms with Crippen molar-refractivity contribution < 1.29 is 9.90 Å². The van der Waals surface area contributed by atoms with E-state index in [0.29, 0.717) is 11.5 Å². The molecule has 0 atom stereocenters. The van der Waals surface area contributed by atoms with E-state index in [0.717, 1.165) is 18.8 Å². The molecule has 2 rings (SSSR count). The lowest BCUT2D eigenvalue weighted by Crippen LogP contribution is -2.26. The molecule has 0 spiro atoms. The molecule has 1 N–H and O–H groups in total. The Labute approximate surface area is 118 Å². The van der Waals surface area contributed by atoms with Crippen molar-refractivity contribution in [2.75, 3.05) is 18.0 Å². The molecule has 0 aliphatic heterocycles. The van der Waals surface area contributed by atoms with Gasteiger partial charge in [-0.05, 0) is 32.9 Å². The number of carboxylic acid groups (broad SMARTS) is 1. The van der Waals surface area contributed by atoms with E-state index in [1.807, 2.05) is 49.1 Å². The zero-order chi connectivity index (χ0) is 14.7. The number of rotatable bonds is 5. The lowest BCUT2D eigenvalue weighted by molar-refractivity contribution is 0.0697. The Bertz CT molecular complexity index is 601. The molecule has 106 valence electrons. The summed E-state index contributed by atoms with van der Waals surface area (Å²) in [5.41, 5.74) is 1.67. The van der Waals surface area contributed by atoms with Crippen molar-refractivity contribution in [3.8, 4) is 5.69 Å². The van der Waals surface area contributed by atoms with Gasteiger partial charge in [0.15, 0.2) is 0 Å². The molecule has 0 aliphatic rings. The molecule has 0 aliphatic carbocycles. The molecule has 0 saturated carbocycles. The van der Waals surface area contributed by atoms with Gasteiger partial charge >= 0.3 is 5.97 Å². The van der Waals surface area contributed by atoms with E-state index in [9.17, 15) is 9.90 Å². The van der Waals surface area contributed by atoms with Gasteiger partial charge in [-0.15, -0.1) is 0 Å². The summed E-state index contributed by atoms with van der Waals surface area (Å²) in [5.74, 6) is -0.294. The first-order valence-corrected chi connectivity index (χ1v) is 6.73. The maximum atomic E-state index is 11.5. The largest absolute Gasteiger partial charge is 0.477 e. The number of aryl methyl sites for hydroxylation is 1. The summed E-state index contributed by atoms with van der Waals surface area (Å²) < 4.78 is 1.71. The van der Waals surface area contributed by atoms with Crippen molar-refractivity contribution >= 4 is 11.8 Å². The van der Waals surface area contributed by atoms with Crippen LogP contribution in [0.4, 0.5) is 5.82 Å². The summed E-state index contributed by atoms with van der Waals surface area (Å²) in [6.45, 7) is 7.21. The highest BCUT2D eigenvalue weighted by atomic mass is 16.4. The third-order valence-electron chi connectivity index (χ3n) is 3.31. The normalized spacial score (nSPS) is 10.6. The first-order chi connectivity index (χ1) is 9.60. The van der Waals surface area contributed by atoms with Crippen LogP contribution in [0, 0.1) is 6.92 Å². The molecule has 1 aromatic carbocycles. The Balaban J connectivity index is 2.69. The second-order valence-corrected chi connectivity index (χ2v) is 4.51. The highest BCUT2D eigenvalue weighted by Crippen LogP contribution is 2.27. The van der Waals surface area contributed by atoms with Gasteiger partial charge in [0.2, 0.25) is 0 Å². The number of aromatic nitrogens is 2. The summed E-state index contributed by atoms with van der Waals surface area (Å²) in [7, 11) is 0. The molecule has 0 fully saturated rings. The summed E-state index contributed by atoms with van der Waals surface area (Å²) >= 11 is 0. The van der Waals surface area contributed by atoms with E-state index in [1.54, 1.807) is 11.6 Å². The molecule has 5 nitrogen and oxygen atoms in total. The maximum absolute atomic E-state index is 11.5. The van der Waals surface area contributed by atoms with Crippen molar-refractivity contribution in [1.82, 2.24) is 9.78 Å². The molecule has 0 radical (unpaired) electrons. The molecule has 0 saturated heterocycles. The van der Waals surface area contributed by atoms with E-state index in [1.165, 1.54) is 0 Å². The van der Waals surface area contributed by atoms with Crippen LogP contribution in [-0.4, -0.2) is 33.9 Å². The first-order valence-electron chi connectivity index (χ1n) is 6.73. The van der Waals surface area contributed by atoms with Crippen molar-refractivity contribution in [2.45, 2.75) is 20.8 Å². The molecule has 2 aromatic rings. The number of anilines is 1. The lowest BCUT2D eigenvalue weighted by atomic mass is 10.2. The van der Waals surface area contributed by atoms with Crippen molar-refractivity contribution in [1.29, 1.82) is 0 Å². The molecule has 5 heteroatoms. The van der Waals surface area contributed by atoms with Gasteiger partial charge in [0.25, 0.3) is 0 Å². The summed E-state index contributed by atoms with van der Waals surface area (Å²) in [4.78, 5) is 13.6. The molecular formula is C15H19N3O2. The number of aromatic carboxylic acids is 1. The zero-order valence-corrected chi connectivity index (χ0v) is 12.0. The third-order valence-corrected chi connectivity index (χ3v) is 3.31. The molecule has 0 unspecified atom stereocenters. The minimum atomic E-state index is -0.938. The van der Waals surface area contributed by atoms with Crippen LogP contribution in [-0.2, 0) is 0 Å². The smallest absolute Gasteiger partial charge is 0.341 e. The van der Waals surface area contributed by atoms with Crippen LogP contribution in [0.15, 0.2) is 30.3 Å². The van der Waals surface area contributed by atoms with E-state index < -0.39 is 5.97 Å². The SMILES string of the molecule is CCN(CC)c1c(C(=O)O)c(C)nn1-c1ccccc1. The molecule has 1 aromatic heterocycles. The van der Waals surface area contributed by atoms with E-state index in [4.69, 9.17) is 0 Å². The molecule has 0 amide bonds. The summed E-state index contributed by atoms with van der Waals surface area (Å²) in [5, 5.41) is 13.9. The van der Waals surface area contributed by atoms with Crippen LogP contribution in [0.5, 0.6) is 0 Å². The van der Waals surface area contributed by atoms with Crippen LogP contribution >= 0.6 is 0 Å². The molecule has 1 heterocycles. The van der Waals surface area contributed by atoms with Crippen LogP contribution in [0.1, 0.15) is 29.9 Å². The van der Waals surface area contributed by atoms with Gasteiger partial charge in [0.1, 0.15) is 11.4 Å². The minimum Gasteiger partial charge on any atom is -0.477 e.